The molecular formula is C22H24N3O3+. The number of carbonyl (C=O) groups excluding carboxylic acids is 2. The number of benzene rings is 2. The molecule has 6 nitrogen and oxygen atoms in total. The lowest BCUT2D eigenvalue weighted by Crippen LogP contribution is -3.12. The van der Waals surface area contributed by atoms with E-state index in [1.807, 2.05) is 31.2 Å². The number of carbonyl (C=O) groups is 2. The zero-order valence-corrected chi connectivity index (χ0v) is 16.1. The molecule has 1 unspecified atom stereocenters. The molecule has 4 rings (SSSR count). The normalized spacial score (nSPS) is 15.9. The quantitative estimate of drug-likeness (QED) is 0.607. The first-order valence-electron chi connectivity index (χ1n) is 9.46. The van der Waals surface area contributed by atoms with Crippen LogP contribution in [-0.4, -0.2) is 37.1 Å². The first kappa shape index (κ1) is 18.3. The van der Waals surface area contributed by atoms with Gasteiger partial charge in [0.25, 0.3) is 5.91 Å². The molecule has 3 N–H and O–H groups in total. The summed E-state index contributed by atoms with van der Waals surface area (Å²) < 4.78 is 4.89. The van der Waals surface area contributed by atoms with Crippen LogP contribution in [0, 0.1) is 6.92 Å². The summed E-state index contributed by atoms with van der Waals surface area (Å²) in [5.74, 6) is -0.603. The van der Waals surface area contributed by atoms with Crippen molar-refractivity contribution < 1.29 is 19.2 Å². The number of rotatable bonds is 4. The Morgan fingerprint density at radius 3 is 2.71 bits per heavy atom. The van der Waals surface area contributed by atoms with Gasteiger partial charge in [-0.05, 0) is 24.1 Å². The van der Waals surface area contributed by atoms with Crippen molar-refractivity contribution in [1.29, 1.82) is 0 Å². The average Bonchev–Trinajstić information content (AvgIpc) is 3.06. The number of aryl methyl sites for hydroxylation is 1. The van der Waals surface area contributed by atoms with Crippen molar-refractivity contribution in [2.24, 2.45) is 0 Å². The van der Waals surface area contributed by atoms with Crippen molar-refractivity contribution >= 4 is 28.5 Å². The molecule has 0 saturated carbocycles. The zero-order chi connectivity index (χ0) is 19.7. The van der Waals surface area contributed by atoms with E-state index in [2.05, 4.69) is 28.5 Å². The van der Waals surface area contributed by atoms with Crippen molar-refractivity contribution in [2.45, 2.75) is 19.9 Å². The molecule has 1 aromatic heterocycles. The summed E-state index contributed by atoms with van der Waals surface area (Å²) >= 11 is 0. The molecule has 0 fully saturated rings. The largest absolute Gasteiger partial charge is 0.464 e. The Kier molecular flexibility index (Phi) is 4.88. The summed E-state index contributed by atoms with van der Waals surface area (Å²) in [4.78, 5) is 29.3. The van der Waals surface area contributed by atoms with Gasteiger partial charge in [0.1, 0.15) is 12.2 Å². The maximum atomic E-state index is 12.8. The minimum Gasteiger partial charge on any atom is -0.464 e. The predicted molar refractivity (Wildman–Crippen MR) is 108 cm³/mol. The topological polar surface area (TPSA) is 75.6 Å². The molecule has 1 aliphatic rings. The lowest BCUT2D eigenvalue weighted by atomic mass is 10.00. The number of hydrogen-bond donors (Lipinski definition) is 3. The Hall–Kier alpha value is -3.12. The van der Waals surface area contributed by atoms with Crippen LogP contribution in [-0.2, 0) is 22.5 Å². The second-order valence-corrected chi connectivity index (χ2v) is 7.28. The Morgan fingerprint density at radius 1 is 1.14 bits per heavy atom. The smallest absolute Gasteiger partial charge is 0.356 e. The molecular weight excluding hydrogens is 354 g/mol. The van der Waals surface area contributed by atoms with Crippen molar-refractivity contribution in [2.75, 3.05) is 25.5 Å². The van der Waals surface area contributed by atoms with Crippen LogP contribution in [0.2, 0.25) is 0 Å². The van der Waals surface area contributed by atoms with Crippen molar-refractivity contribution in [3.8, 4) is 0 Å². The van der Waals surface area contributed by atoms with Gasteiger partial charge >= 0.3 is 5.97 Å². The van der Waals surface area contributed by atoms with E-state index >= 15 is 0 Å². The molecule has 3 aromatic rings. The van der Waals surface area contributed by atoms with Crippen LogP contribution in [0.25, 0.3) is 10.9 Å². The highest BCUT2D eigenvalue weighted by molar-refractivity contribution is 6.12. The molecule has 144 valence electrons. The SMILES string of the molecule is COC(=O)c1[nH]c2cccc(C)c2c1NC(=O)C[NH+]1CCc2ccccc2C1. The number of quaternary nitrogens is 1. The summed E-state index contributed by atoms with van der Waals surface area (Å²) in [6.45, 7) is 4.06. The first-order valence-corrected chi connectivity index (χ1v) is 9.46. The van der Waals surface area contributed by atoms with Gasteiger partial charge in [0, 0.05) is 22.9 Å². The fourth-order valence-corrected chi connectivity index (χ4v) is 4.01. The number of hydrogen-bond acceptors (Lipinski definition) is 3. The molecule has 1 atom stereocenters. The van der Waals surface area contributed by atoms with Gasteiger partial charge in [-0.1, -0.05) is 36.4 Å². The highest BCUT2D eigenvalue weighted by atomic mass is 16.5. The highest BCUT2D eigenvalue weighted by Crippen LogP contribution is 2.31. The molecule has 2 aromatic carbocycles. The third kappa shape index (κ3) is 3.39. The number of esters is 1. The molecule has 6 heteroatoms. The van der Waals surface area contributed by atoms with Gasteiger partial charge < -0.3 is 19.9 Å². The second-order valence-electron chi connectivity index (χ2n) is 7.28. The van der Waals surface area contributed by atoms with E-state index < -0.39 is 5.97 Å². The van der Waals surface area contributed by atoms with Crippen molar-refractivity contribution in [3.05, 3.63) is 64.8 Å². The summed E-state index contributed by atoms with van der Waals surface area (Å²) in [5.41, 5.74) is 5.23. The first-order chi connectivity index (χ1) is 13.6. The summed E-state index contributed by atoms with van der Waals surface area (Å²) in [6, 6.07) is 14.1. The van der Waals surface area contributed by atoms with Gasteiger partial charge in [0.2, 0.25) is 0 Å². The van der Waals surface area contributed by atoms with E-state index in [0.717, 1.165) is 36.0 Å². The lowest BCUT2D eigenvalue weighted by Gasteiger charge is -2.25. The number of methoxy groups -OCH3 is 1. The minimum absolute atomic E-state index is 0.108. The van der Waals surface area contributed by atoms with Crippen LogP contribution in [0.4, 0.5) is 5.69 Å². The van der Waals surface area contributed by atoms with Gasteiger partial charge in [0.15, 0.2) is 6.54 Å². The fourth-order valence-electron chi connectivity index (χ4n) is 4.01. The van der Waals surface area contributed by atoms with Crippen LogP contribution in [0.15, 0.2) is 42.5 Å². The van der Waals surface area contributed by atoms with Gasteiger partial charge in [-0.25, -0.2) is 4.79 Å². The number of H-pyrrole nitrogens is 1. The van der Waals surface area contributed by atoms with E-state index in [-0.39, 0.29) is 11.6 Å². The second kappa shape index (κ2) is 7.48. The summed E-state index contributed by atoms with van der Waals surface area (Å²) in [5, 5.41) is 3.81. The third-order valence-electron chi connectivity index (χ3n) is 5.40. The number of nitrogens with one attached hydrogen (secondary N) is 3. The molecule has 1 amide bonds. The van der Waals surface area contributed by atoms with Gasteiger partial charge in [-0.2, -0.15) is 0 Å². The van der Waals surface area contributed by atoms with E-state index in [1.165, 1.54) is 23.1 Å². The predicted octanol–water partition coefficient (Wildman–Crippen LogP) is 1.84. The third-order valence-corrected chi connectivity index (χ3v) is 5.40. The molecule has 1 aliphatic heterocycles. The molecule has 2 heterocycles. The Balaban J connectivity index is 1.56. The van der Waals surface area contributed by atoms with Crippen LogP contribution in [0.3, 0.4) is 0 Å². The molecule has 0 radical (unpaired) electrons. The van der Waals surface area contributed by atoms with Crippen LogP contribution < -0.4 is 10.2 Å². The van der Waals surface area contributed by atoms with Crippen molar-refractivity contribution in [1.82, 2.24) is 4.98 Å². The van der Waals surface area contributed by atoms with Gasteiger partial charge in [-0.3, -0.25) is 4.79 Å². The Morgan fingerprint density at radius 2 is 1.93 bits per heavy atom. The maximum absolute atomic E-state index is 12.8. The Labute approximate surface area is 163 Å². The summed E-state index contributed by atoms with van der Waals surface area (Å²) in [6.07, 6.45) is 0.971. The number of amides is 1. The number of anilines is 1. The number of fused-ring (bicyclic) bond motifs is 2. The van der Waals surface area contributed by atoms with E-state index in [1.54, 1.807) is 0 Å². The average molecular weight is 378 g/mol. The number of aromatic amines is 1. The van der Waals surface area contributed by atoms with Crippen LogP contribution >= 0.6 is 0 Å². The fraction of sp³-hybridized carbons (Fsp3) is 0.273. The minimum atomic E-state index is -0.495. The standard InChI is InChI=1S/C22H23N3O3/c1-14-6-5-9-17-19(14)20(21(23-17)22(27)28-2)24-18(26)13-25-11-10-15-7-3-4-8-16(15)12-25/h3-9,23H,10-13H2,1-2H3,(H,24,26)/p+1. The molecule has 0 spiro atoms. The van der Waals surface area contributed by atoms with Gasteiger partial charge in [0.05, 0.1) is 19.3 Å². The number of aromatic nitrogens is 1. The van der Waals surface area contributed by atoms with Crippen LogP contribution in [0.1, 0.15) is 27.2 Å². The Bertz CT molecular complexity index is 1050. The zero-order valence-electron chi connectivity index (χ0n) is 16.1. The molecule has 28 heavy (non-hydrogen) atoms. The van der Waals surface area contributed by atoms with E-state index in [9.17, 15) is 9.59 Å². The van der Waals surface area contributed by atoms with Crippen molar-refractivity contribution in [3.63, 3.8) is 0 Å². The van der Waals surface area contributed by atoms with E-state index in [4.69, 9.17) is 4.74 Å². The van der Waals surface area contributed by atoms with E-state index in [0.29, 0.717) is 12.2 Å². The monoisotopic (exact) mass is 378 g/mol. The highest BCUT2D eigenvalue weighted by Gasteiger charge is 2.25. The van der Waals surface area contributed by atoms with Gasteiger partial charge in [-0.15, -0.1) is 0 Å². The molecule has 0 bridgehead atoms. The molecule has 0 saturated heterocycles. The summed E-state index contributed by atoms with van der Waals surface area (Å²) in [7, 11) is 1.33. The molecule has 0 aliphatic carbocycles. The van der Waals surface area contributed by atoms with Crippen LogP contribution in [0.5, 0.6) is 0 Å². The number of ether oxygens (including phenoxy) is 1. The maximum Gasteiger partial charge on any atom is 0.356 e. The lowest BCUT2D eigenvalue weighted by molar-refractivity contribution is -0.907.